The molecule has 3 rings (SSSR count). The molecule has 120 valence electrons. The van der Waals surface area contributed by atoms with Crippen LogP contribution >= 0.6 is 0 Å². The lowest BCUT2D eigenvalue weighted by Crippen LogP contribution is -3.12. The third-order valence-electron chi connectivity index (χ3n) is 4.74. The van der Waals surface area contributed by atoms with Crippen LogP contribution in [-0.2, 0) is 4.79 Å². The number of amides is 1. The zero-order valence-electron chi connectivity index (χ0n) is 13.9. The summed E-state index contributed by atoms with van der Waals surface area (Å²) in [5, 5.41) is 2.02. The number of rotatable bonds is 4. The van der Waals surface area contributed by atoms with E-state index in [0.717, 1.165) is 31.7 Å². The first-order valence-electron chi connectivity index (χ1n) is 8.28. The molecule has 0 unspecified atom stereocenters. The summed E-state index contributed by atoms with van der Waals surface area (Å²) in [6.07, 6.45) is 6.17. The molecule has 0 bridgehead atoms. The van der Waals surface area contributed by atoms with Gasteiger partial charge in [0.1, 0.15) is 0 Å². The minimum Gasteiger partial charge on any atom is -0.346 e. The van der Waals surface area contributed by atoms with E-state index in [0.29, 0.717) is 6.04 Å². The van der Waals surface area contributed by atoms with Gasteiger partial charge in [0.25, 0.3) is 5.91 Å². The summed E-state index contributed by atoms with van der Waals surface area (Å²) in [6.45, 7) is 8.28. The third kappa shape index (κ3) is 3.42. The van der Waals surface area contributed by atoms with Crippen LogP contribution in [0.3, 0.4) is 0 Å². The van der Waals surface area contributed by atoms with E-state index in [1.165, 1.54) is 29.1 Å². The molecule has 1 saturated carbocycles. The number of hydrogen-bond donors (Lipinski definition) is 2. The van der Waals surface area contributed by atoms with E-state index in [1.807, 2.05) is 11.1 Å². The summed E-state index contributed by atoms with van der Waals surface area (Å²) in [5.74, 6) is -0.0317. The van der Waals surface area contributed by atoms with Gasteiger partial charge in [0, 0.05) is 23.5 Å². The predicted molar refractivity (Wildman–Crippen MR) is 87.5 cm³/mol. The number of quaternary nitrogens is 1. The number of hydrazine groups is 1. The molecule has 1 saturated heterocycles. The summed E-state index contributed by atoms with van der Waals surface area (Å²) in [7, 11) is 2.19. The molecule has 2 aliphatic rings. The van der Waals surface area contributed by atoms with Gasteiger partial charge in [-0.1, -0.05) is 0 Å². The molecule has 2 fully saturated rings. The topological polar surface area (TPSA) is 41.7 Å². The van der Waals surface area contributed by atoms with Crippen molar-refractivity contribution in [3.8, 4) is 0 Å². The number of hydrogen-bond acceptors (Lipinski definition) is 2. The monoisotopic (exact) mass is 303 g/mol. The number of nitrogens with one attached hydrogen (secondary N) is 2. The van der Waals surface area contributed by atoms with Crippen molar-refractivity contribution < 1.29 is 9.69 Å². The van der Waals surface area contributed by atoms with Crippen LogP contribution in [0.25, 0.3) is 6.08 Å². The van der Waals surface area contributed by atoms with Crippen molar-refractivity contribution in [2.75, 3.05) is 33.2 Å². The van der Waals surface area contributed by atoms with Crippen LogP contribution in [0.15, 0.2) is 12.1 Å². The van der Waals surface area contributed by atoms with Crippen molar-refractivity contribution in [3.63, 3.8) is 0 Å². The molecule has 5 nitrogen and oxygen atoms in total. The fourth-order valence-electron chi connectivity index (χ4n) is 3.22. The Balaban J connectivity index is 1.59. The maximum Gasteiger partial charge on any atom is 0.258 e. The fraction of sp³-hybridized carbons (Fsp3) is 0.588. The van der Waals surface area contributed by atoms with Crippen LogP contribution in [0, 0.1) is 13.8 Å². The zero-order valence-corrected chi connectivity index (χ0v) is 13.9. The van der Waals surface area contributed by atoms with Gasteiger partial charge in [0.05, 0.1) is 33.2 Å². The van der Waals surface area contributed by atoms with Gasteiger partial charge in [-0.3, -0.25) is 10.2 Å². The van der Waals surface area contributed by atoms with Gasteiger partial charge in [-0.25, -0.2) is 5.01 Å². The van der Waals surface area contributed by atoms with Crippen LogP contribution in [0.1, 0.15) is 35.8 Å². The first kappa shape index (κ1) is 15.3. The van der Waals surface area contributed by atoms with Crippen molar-refractivity contribution in [2.24, 2.45) is 0 Å². The molecule has 1 aromatic heterocycles. The molecule has 1 aromatic rings. The van der Waals surface area contributed by atoms with Crippen molar-refractivity contribution in [3.05, 3.63) is 29.1 Å². The zero-order chi connectivity index (χ0) is 15.7. The molecule has 22 heavy (non-hydrogen) atoms. The predicted octanol–water partition coefficient (Wildman–Crippen LogP) is 0.315. The molecule has 5 heteroatoms. The van der Waals surface area contributed by atoms with Gasteiger partial charge in [-0.15, -0.1) is 0 Å². The van der Waals surface area contributed by atoms with E-state index in [-0.39, 0.29) is 5.91 Å². The lowest BCUT2D eigenvalue weighted by Gasteiger charge is -2.29. The lowest BCUT2D eigenvalue weighted by molar-refractivity contribution is -0.884. The van der Waals surface area contributed by atoms with Crippen LogP contribution < -0.4 is 10.3 Å². The average molecular weight is 303 g/mol. The Morgan fingerprint density at radius 2 is 2.00 bits per heavy atom. The number of piperazine rings is 1. The molecule has 1 amide bonds. The van der Waals surface area contributed by atoms with Crippen LogP contribution in [0.2, 0.25) is 0 Å². The lowest BCUT2D eigenvalue weighted by atomic mass is 10.2. The van der Waals surface area contributed by atoms with Crippen molar-refractivity contribution >= 4 is 12.0 Å². The smallest absolute Gasteiger partial charge is 0.258 e. The summed E-state index contributed by atoms with van der Waals surface area (Å²) >= 11 is 0. The van der Waals surface area contributed by atoms with Crippen molar-refractivity contribution in [2.45, 2.75) is 32.7 Å². The van der Waals surface area contributed by atoms with Crippen molar-refractivity contribution in [1.82, 2.24) is 15.0 Å². The first-order valence-corrected chi connectivity index (χ1v) is 8.28. The molecule has 0 radical (unpaired) electrons. The second kappa shape index (κ2) is 6.26. The molecule has 0 atom stereocenters. The largest absolute Gasteiger partial charge is 0.346 e. The van der Waals surface area contributed by atoms with Crippen LogP contribution in [-0.4, -0.2) is 48.7 Å². The summed E-state index contributed by atoms with van der Waals surface area (Å²) < 4.78 is 2.40. The Morgan fingerprint density at radius 3 is 2.64 bits per heavy atom. The maximum atomic E-state index is 12.1. The minimum absolute atomic E-state index is 0.0317. The minimum atomic E-state index is -0.0317. The average Bonchev–Trinajstić information content (AvgIpc) is 3.26. The van der Waals surface area contributed by atoms with Crippen LogP contribution in [0.4, 0.5) is 0 Å². The van der Waals surface area contributed by atoms with Gasteiger partial charge >= 0.3 is 0 Å². The number of aromatic nitrogens is 1. The highest BCUT2D eigenvalue weighted by molar-refractivity contribution is 5.91. The Kier molecular flexibility index (Phi) is 4.36. The van der Waals surface area contributed by atoms with Crippen LogP contribution in [0.5, 0.6) is 0 Å². The Bertz CT molecular complexity index is 578. The Labute approximate surface area is 132 Å². The third-order valence-corrected chi connectivity index (χ3v) is 4.74. The van der Waals surface area contributed by atoms with E-state index in [2.05, 4.69) is 37.0 Å². The number of aryl methyl sites for hydroxylation is 1. The molecular formula is C17H27N4O+. The number of likely N-dealkylation sites (N-methyl/N-ethyl adjacent to an activating group) is 1. The Morgan fingerprint density at radius 1 is 1.32 bits per heavy atom. The van der Waals surface area contributed by atoms with E-state index >= 15 is 0 Å². The second-order valence-corrected chi connectivity index (χ2v) is 6.68. The first-order chi connectivity index (χ1) is 10.5. The molecule has 0 spiro atoms. The number of nitrogens with zero attached hydrogens (tertiary/aromatic N) is 2. The van der Waals surface area contributed by atoms with Gasteiger partial charge in [0.2, 0.25) is 0 Å². The van der Waals surface area contributed by atoms with Crippen molar-refractivity contribution in [1.29, 1.82) is 0 Å². The maximum absolute atomic E-state index is 12.1. The summed E-state index contributed by atoms with van der Waals surface area (Å²) in [6, 6.07) is 2.86. The molecule has 0 aromatic carbocycles. The Hall–Kier alpha value is -1.59. The highest BCUT2D eigenvalue weighted by Crippen LogP contribution is 2.38. The standard InChI is InChI=1S/C17H26N4O/c1-13-12-15(14(2)21(13)16-5-6-16)4-7-17(22)18-20-10-8-19(3)9-11-20/h4,7,12,16H,5-6,8-11H2,1-3H3,(H,18,22)/p+1/b7-4+. The highest BCUT2D eigenvalue weighted by Gasteiger charge is 2.26. The summed E-state index contributed by atoms with van der Waals surface area (Å²) in [4.78, 5) is 13.6. The molecule has 2 N–H and O–H groups in total. The summed E-state index contributed by atoms with van der Waals surface area (Å²) in [5.41, 5.74) is 6.69. The number of carbonyl (C=O) groups is 1. The van der Waals surface area contributed by atoms with E-state index < -0.39 is 0 Å². The molecule has 1 aliphatic heterocycles. The van der Waals surface area contributed by atoms with E-state index in [4.69, 9.17) is 0 Å². The number of carbonyl (C=O) groups excluding carboxylic acids is 1. The quantitative estimate of drug-likeness (QED) is 0.787. The molecular weight excluding hydrogens is 276 g/mol. The molecule has 2 heterocycles. The van der Waals surface area contributed by atoms with E-state index in [9.17, 15) is 4.79 Å². The van der Waals surface area contributed by atoms with Gasteiger partial charge in [-0.05, 0) is 44.4 Å². The van der Waals surface area contributed by atoms with E-state index in [1.54, 1.807) is 6.08 Å². The normalized spacial score (nSPS) is 20.7. The fourth-order valence-corrected chi connectivity index (χ4v) is 3.22. The highest BCUT2D eigenvalue weighted by atomic mass is 16.2. The van der Waals surface area contributed by atoms with Gasteiger partial charge in [-0.2, -0.15) is 0 Å². The second-order valence-electron chi connectivity index (χ2n) is 6.68. The molecule has 1 aliphatic carbocycles. The van der Waals surface area contributed by atoms with Gasteiger partial charge < -0.3 is 9.47 Å². The SMILES string of the molecule is Cc1cc(/C=C/C(=O)NN2CC[NH+](C)CC2)c(C)n1C1CC1. The van der Waals surface area contributed by atoms with Gasteiger partial charge in [0.15, 0.2) is 0 Å².